The van der Waals surface area contributed by atoms with Crippen LogP contribution < -0.4 is 5.32 Å². The van der Waals surface area contributed by atoms with Gasteiger partial charge in [-0.3, -0.25) is 4.98 Å². The summed E-state index contributed by atoms with van der Waals surface area (Å²) >= 11 is 9.62. The van der Waals surface area contributed by atoms with E-state index in [1.165, 1.54) is 0 Å². The zero-order chi connectivity index (χ0) is 12.3. The van der Waals surface area contributed by atoms with Crippen molar-refractivity contribution in [1.29, 1.82) is 0 Å². The van der Waals surface area contributed by atoms with Gasteiger partial charge in [0.2, 0.25) is 0 Å². The average molecular weight is 312 g/mol. The molecule has 2 rings (SSSR count). The summed E-state index contributed by atoms with van der Waals surface area (Å²) < 4.78 is 0.943. The summed E-state index contributed by atoms with van der Waals surface area (Å²) in [6.07, 6.45) is 3.52. The summed E-state index contributed by atoms with van der Waals surface area (Å²) in [5, 5.41) is 4.17. The van der Waals surface area contributed by atoms with Crippen molar-refractivity contribution in [2.45, 2.75) is 13.0 Å². The van der Waals surface area contributed by atoms with E-state index in [2.05, 4.69) is 33.2 Å². The Morgan fingerprint density at radius 3 is 2.76 bits per heavy atom. The lowest BCUT2D eigenvalue weighted by molar-refractivity contribution is 0.883. The molecular weight excluding hydrogens is 300 g/mol. The molecule has 2 nitrogen and oxygen atoms in total. The quantitative estimate of drug-likeness (QED) is 0.891. The monoisotopic (exact) mass is 310 g/mol. The van der Waals surface area contributed by atoms with Crippen molar-refractivity contribution in [3.63, 3.8) is 0 Å². The van der Waals surface area contributed by atoms with Crippen LogP contribution in [0.5, 0.6) is 0 Å². The second-order valence-electron chi connectivity index (χ2n) is 3.74. The Labute approximate surface area is 114 Å². The van der Waals surface area contributed by atoms with E-state index in [-0.39, 0.29) is 6.04 Å². The van der Waals surface area contributed by atoms with Crippen LogP contribution in [0.15, 0.2) is 47.2 Å². The molecule has 2 aromatic rings. The highest BCUT2D eigenvalue weighted by atomic mass is 79.9. The smallest absolute Gasteiger partial charge is 0.0590 e. The number of benzene rings is 1. The number of hydrogen-bond acceptors (Lipinski definition) is 2. The lowest BCUT2D eigenvalue weighted by Gasteiger charge is -2.17. The van der Waals surface area contributed by atoms with Crippen molar-refractivity contribution < 1.29 is 0 Å². The number of aromatic nitrogens is 1. The van der Waals surface area contributed by atoms with Gasteiger partial charge >= 0.3 is 0 Å². The predicted molar refractivity (Wildman–Crippen MR) is 75.4 cm³/mol. The van der Waals surface area contributed by atoms with E-state index in [1.54, 1.807) is 12.4 Å². The molecule has 1 N–H and O–H groups in total. The minimum atomic E-state index is 0.141. The van der Waals surface area contributed by atoms with Gasteiger partial charge in [-0.05, 0) is 40.5 Å². The van der Waals surface area contributed by atoms with E-state index in [0.29, 0.717) is 0 Å². The summed E-state index contributed by atoms with van der Waals surface area (Å²) in [6, 6.07) is 9.91. The summed E-state index contributed by atoms with van der Waals surface area (Å²) in [6.45, 7) is 2.08. The lowest BCUT2D eigenvalue weighted by Crippen LogP contribution is -2.07. The predicted octanol–water partition coefficient (Wildman–Crippen LogP) is 4.67. The molecule has 1 heterocycles. The number of pyridine rings is 1. The molecule has 1 atom stereocenters. The Hall–Kier alpha value is -1.06. The Bertz CT molecular complexity index is 516. The van der Waals surface area contributed by atoms with Gasteiger partial charge in [0.25, 0.3) is 0 Å². The minimum Gasteiger partial charge on any atom is -0.377 e. The van der Waals surface area contributed by atoms with Gasteiger partial charge in [0.15, 0.2) is 0 Å². The molecule has 4 heteroatoms. The molecule has 1 aromatic carbocycles. The van der Waals surface area contributed by atoms with Gasteiger partial charge in [-0.25, -0.2) is 0 Å². The Morgan fingerprint density at radius 1 is 1.29 bits per heavy atom. The summed E-state index contributed by atoms with van der Waals surface area (Å²) in [5.74, 6) is 0. The second kappa shape index (κ2) is 5.52. The third-order valence-corrected chi connectivity index (χ3v) is 3.49. The molecule has 0 saturated carbocycles. The van der Waals surface area contributed by atoms with Gasteiger partial charge in [0.1, 0.15) is 0 Å². The van der Waals surface area contributed by atoms with Crippen molar-refractivity contribution in [3.8, 4) is 0 Å². The number of nitrogens with one attached hydrogen (secondary N) is 1. The van der Waals surface area contributed by atoms with Crippen LogP contribution in [-0.2, 0) is 0 Å². The molecule has 0 aliphatic rings. The third kappa shape index (κ3) is 2.99. The summed E-state index contributed by atoms with van der Waals surface area (Å²) in [4.78, 5) is 4.03. The van der Waals surface area contributed by atoms with Crippen LogP contribution in [0.2, 0.25) is 5.02 Å². The molecular formula is C13H12BrClN2. The van der Waals surface area contributed by atoms with Gasteiger partial charge in [0, 0.05) is 17.4 Å². The summed E-state index contributed by atoms with van der Waals surface area (Å²) in [5.41, 5.74) is 2.09. The molecule has 0 bridgehead atoms. The van der Waals surface area contributed by atoms with Crippen LogP contribution >= 0.6 is 27.5 Å². The van der Waals surface area contributed by atoms with Crippen molar-refractivity contribution in [2.75, 3.05) is 5.32 Å². The first-order valence-electron chi connectivity index (χ1n) is 5.29. The Morgan fingerprint density at radius 2 is 2.06 bits per heavy atom. The van der Waals surface area contributed by atoms with Crippen LogP contribution in [0.3, 0.4) is 0 Å². The molecule has 0 saturated heterocycles. The van der Waals surface area contributed by atoms with Crippen LogP contribution in [-0.4, -0.2) is 4.98 Å². The Kier molecular flexibility index (Phi) is 4.02. The van der Waals surface area contributed by atoms with Crippen LogP contribution in [0.25, 0.3) is 0 Å². The maximum Gasteiger partial charge on any atom is 0.0590 e. The molecule has 1 aromatic heterocycles. The molecule has 17 heavy (non-hydrogen) atoms. The first-order chi connectivity index (χ1) is 8.18. The first kappa shape index (κ1) is 12.4. The number of hydrogen-bond donors (Lipinski definition) is 1. The number of nitrogens with zero attached hydrogens (tertiary/aromatic N) is 1. The van der Waals surface area contributed by atoms with E-state index >= 15 is 0 Å². The van der Waals surface area contributed by atoms with Crippen LogP contribution in [0.4, 0.5) is 5.69 Å². The first-order valence-corrected chi connectivity index (χ1v) is 6.46. The number of halogens is 2. The van der Waals surface area contributed by atoms with Gasteiger partial charge in [-0.15, -0.1) is 0 Å². The highest BCUT2D eigenvalue weighted by molar-refractivity contribution is 9.10. The maximum absolute atomic E-state index is 6.16. The third-order valence-electron chi connectivity index (χ3n) is 2.52. The molecule has 0 aliphatic heterocycles. The largest absolute Gasteiger partial charge is 0.377 e. The average Bonchev–Trinajstić information content (AvgIpc) is 2.32. The van der Waals surface area contributed by atoms with E-state index in [1.807, 2.05) is 30.3 Å². The molecule has 0 spiro atoms. The molecule has 0 fully saturated rings. The maximum atomic E-state index is 6.16. The standard InChI is InChI=1S/C13H12BrClN2/c1-9(10-4-2-3-5-12(10)15)17-13-6-7-16-8-11(13)14/h2-9H,1H3,(H,16,17). The highest BCUT2D eigenvalue weighted by Gasteiger charge is 2.09. The van der Waals surface area contributed by atoms with Gasteiger partial charge in [-0.1, -0.05) is 29.8 Å². The van der Waals surface area contributed by atoms with Gasteiger partial charge < -0.3 is 5.32 Å². The topological polar surface area (TPSA) is 24.9 Å². The Balaban J connectivity index is 2.20. The van der Waals surface area contributed by atoms with E-state index in [4.69, 9.17) is 11.6 Å². The van der Waals surface area contributed by atoms with E-state index < -0.39 is 0 Å². The minimum absolute atomic E-state index is 0.141. The normalized spacial score (nSPS) is 12.2. The fourth-order valence-electron chi connectivity index (χ4n) is 1.63. The SMILES string of the molecule is CC(Nc1ccncc1Br)c1ccccc1Cl. The zero-order valence-electron chi connectivity index (χ0n) is 9.32. The van der Waals surface area contributed by atoms with Crippen molar-refractivity contribution in [1.82, 2.24) is 4.98 Å². The highest BCUT2D eigenvalue weighted by Crippen LogP contribution is 2.28. The van der Waals surface area contributed by atoms with Crippen LogP contribution in [0.1, 0.15) is 18.5 Å². The van der Waals surface area contributed by atoms with E-state index in [0.717, 1.165) is 20.7 Å². The van der Waals surface area contributed by atoms with Crippen molar-refractivity contribution >= 4 is 33.2 Å². The van der Waals surface area contributed by atoms with E-state index in [9.17, 15) is 0 Å². The van der Waals surface area contributed by atoms with Crippen molar-refractivity contribution in [3.05, 3.63) is 57.8 Å². The fourth-order valence-corrected chi connectivity index (χ4v) is 2.29. The van der Waals surface area contributed by atoms with Gasteiger partial charge in [-0.2, -0.15) is 0 Å². The van der Waals surface area contributed by atoms with Crippen molar-refractivity contribution in [2.24, 2.45) is 0 Å². The zero-order valence-corrected chi connectivity index (χ0v) is 11.7. The molecule has 0 aliphatic carbocycles. The lowest BCUT2D eigenvalue weighted by atomic mass is 10.1. The fraction of sp³-hybridized carbons (Fsp3) is 0.154. The van der Waals surface area contributed by atoms with Crippen LogP contribution in [0, 0.1) is 0 Å². The second-order valence-corrected chi connectivity index (χ2v) is 5.00. The molecule has 0 amide bonds. The molecule has 1 unspecified atom stereocenters. The van der Waals surface area contributed by atoms with Gasteiger partial charge in [0.05, 0.1) is 16.2 Å². The number of anilines is 1. The molecule has 0 radical (unpaired) electrons. The molecule has 88 valence electrons. The number of rotatable bonds is 3. The summed E-state index contributed by atoms with van der Waals surface area (Å²) in [7, 11) is 0.